The lowest BCUT2D eigenvalue weighted by atomic mass is 10.1. The minimum Gasteiger partial charge on any atom is -0.493 e. The summed E-state index contributed by atoms with van der Waals surface area (Å²) in [6.45, 7) is 1.35. The molecule has 4 aromatic rings. The lowest BCUT2D eigenvalue weighted by Crippen LogP contribution is -2.49. The van der Waals surface area contributed by atoms with Crippen molar-refractivity contribution in [3.8, 4) is 22.6 Å². The van der Waals surface area contributed by atoms with Gasteiger partial charge < -0.3 is 14.4 Å². The van der Waals surface area contributed by atoms with Crippen molar-refractivity contribution in [3.05, 3.63) is 59.0 Å². The Labute approximate surface area is 218 Å². The monoisotopic (exact) mass is 548 g/mol. The summed E-state index contributed by atoms with van der Waals surface area (Å²) in [4.78, 5) is 10.8. The van der Waals surface area contributed by atoms with Gasteiger partial charge in [0.1, 0.15) is 17.0 Å². The number of aromatic nitrogens is 4. The molecule has 3 heterocycles. The lowest BCUT2D eigenvalue weighted by Gasteiger charge is -2.36. The van der Waals surface area contributed by atoms with Gasteiger partial charge in [-0.15, -0.1) is 0 Å². The van der Waals surface area contributed by atoms with Crippen molar-refractivity contribution in [3.63, 3.8) is 0 Å². The van der Waals surface area contributed by atoms with Crippen molar-refractivity contribution < 1.29 is 17.9 Å². The molecule has 1 saturated heterocycles. The van der Waals surface area contributed by atoms with Gasteiger partial charge >= 0.3 is 0 Å². The number of methoxy groups -OCH3 is 2. The fourth-order valence-corrected chi connectivity index (χ4v) is 6.41. The number of sulfonamides is 1. The predicted octanol–water partition coefficient (Wildman–Crippen LogP) is 3.63. The molecule has 2 aromatic heterocycles. The second-order valence-corrected chi connectivity index (χ2v) is 10.8. The molecule has 2 aromatic carbocycles. The molecule has 0 N–H and O–H groups in total. The molecule has 0 unspecified atom stereocenters. The van der Waals surface area contributed by atoms with E-state index in [1.807, 2.05) is 18.2 Å². The summed E-state index contributed by atoms with van der Waals surface area (Å²) in [7, 11) is -0.630. The zero-order valence-electron chi connectivity index (χ0n) is 19.4. The van der Waals surface area contributed by atoms with Crippen molar-refractivity contribution in [2.24, 2.45) is 0 Å². The van der Waals surface area contributed by atoms with E-state index in [4.69, 9.17) is 32.7 Å². The van der Waals surface area contributed by atoms with E-state index < -0.39 is 10.0 Å². The highest BCUT2D eigenvalue weighted by atomic mass is 35.5. The normalized spacial score (nSPS) is 14.8. The fourth-order valence-electron chi connectivity index (χ4n) is 4.24. The topological polar surface area (TPSA) is 102 Å². The van der Waals surface area contributed by atoms with Gasteiger partial charge in [0.2, 0.25) is 10.0 Å². The average Bonchev–Trinajstić information content (AvgIpc) is 3.36. The van der Waals surface area contributed by atoms with Crippen LogP contribution in [0.5, 0.6) is 11.5 Å². The molecule has 0 atom stereocenters. The van der Waals surface area contributed by atoms with E-state index in [0.717, 1.165) is 16.9 Å². The van der Waals surface area contributed by atoms with Crippen LogP contribution in [0, 0.1) is 0 Å². The van der Waals surface area contributed by atoms with Gasteiger partial charge in [0.15, 0.2) is 11.5 Å². The van der Waals surface area contributed by atoms with Crippen LogP contribution in [0.2, 0.25) is 10.0 Å². The molecule has 10 nitrogen and oxygen atoms in total. The average molecular weight is 549 g/mol. The maximum atomic E-state index is 13.3. The molecule has 1 aliphatic heterocycles. The highest BCUT2D eigenvalue weighted by Gasteiger charge is 2.32. The van der Waals surface area contributed by atoms with Gasteiger partial charge in [0.25, 0.3) is 5.78 Å². The second-order valence-electron chi connectivity index (χ2n) is 8.00. The van der Waals surface area contributed by atoms with Gasteiger partial charge in [-0.2, -0.15) is 18.9 Å². The summed E-state index contributed by atoms with van der Waals surface area (Å²) in [6.07, 6.45) is 3.17. The number of hydrogen-bond donors (Lipinski definition) is 0. The molecule has 0 saturated carbocycles. The summed E-state index contributed by atoms with van der Waals surface area (Å²) < 4.78 is 40.5. The van der Waals surface area contributed by atoms with Gasteiger partial charge in [-0.3, -0.25) is 0 Å². The third-order valence-electron chi connectivity index (χ3n) is 6.02. The maximum absolute atomic E-state index is 13.3. The van der Waals surface area contributed by atoms with E-state index in [1.165, 1.54) is 28.8 Å². The quantitative estimate of drug-likeness (QED) is 0.360. The number of nitrogens with zero attached hydrogens (tertiary/aromatic N) is 6. The standard InChI is InChI=1S/C23H22Cl2N6O4S/c1-34-19-5-3-15(11-20(19)35-2)17-13-26-23-27-14-28-31(23)22(17)29-7-9-30(10-8-29)36(32,33)21-6-4-16(24)12-18(21)25/h3-6,11-14H,7-10H2,1-2H3. The van der Waals surface area contributed by atoms with E-state index in [2.05, 4.69) is 20.0 Å². The van der Waals surface area contributed by atoms with Crippen molar-refractivity contribution in [2.45, 2.75) is 4.90 Å². The first-order valence-electron chi connectivity index (χ1n) is 10.9. The molecule has 0 aliphatic carbocycles. The molecular weight excluding hydrogens is 527 g/mol. The van der Waals surface area contributed by atoms with Crippen LogP contribution in [-0.4, -0.2) is 72.7 Å². The van der Waals surface area contributed by atoms with Crippen LogP contribution in [0.25, 0.3) is 16.9 Å². The molecule has 0 amide bonds. The largest absolute Gasteiger partial charge is 0.493 e. The number of benzene rings is 2. The Balaban J connectivity index is 1.49. The van der Waals surface area contributed by atoms with E-state index in [9.17, 15) is 8.42 Å². The molecule has 13 heteroatoms. The zero-order valence-corrected chi connectivity index (χ0v) is 21.8. The van der Waals surface area contributed by atoms with Gasteiger partial charge in [0.05, 0.1) is 19.2 Å². The molecular formula is C23H22Cl2N6O4S. The highest BCUT2D eigenvalue weighted by molar-refractivity contribution is 7.89. The second kappa shape index (κ2) is 9.74. The predicted molar refractivity (Wildman–Crippen MR) is 137 cm³/mol. The third kappa shape index (κ3) is 4.32. The molecule has 1 aliphatic rings. The Morgan fingerprint density at radius 3 is 2.36 bits per heavy atom. The van der Waals surface area contributed by atoms with Crippen LogP contribution in [0.1, 0.15) is 0 Å². The zero-order chi connectivity index (χ0) is 25.4. The summed E-state index contributed by atoms with van der Waals surface area (Å²) in [5, 5.41) is 4.85. The highest BCUT2D eigenvalue weighted by Crippen LogP contribution is 2.37. The summed E-state index contributed by atoms with van der Waals surface area (Å²) >= 11 is 12.1. The van der Waals surface area contributed by atoms with Crippen molar-refractivity contribution in [2.75, 3.05) is 45.3 Å². The van der Waals surface area contributed by atoms with Crippen LogP contribution in [0.15, 0.2) is 53.8 Å². The summed E-state index contributed by atoms with van der Waals surface area (Å²) in [6, 6.07) is 9.98. The van der Waals surface area contributed by atoms with Crippen molar-refractivity contribution in [1.29, 1.82) is 0 Å². The van der Waals surface area contributed by atoms with Gasteiger partial charge in [-0.05, 0) is 35.9 Å². The fraction of sp³-hybridized carbons (Fsp3) is 0.261. The minimum absolute atomic E-state index is 0.0376. The number of anilines is 1. The van der Waals surface area contributed by atoms with Gasteiger partial charge in [0, 0.05) is 43.0 Å². The minimum atomic E-state index is -3.79. The Kier molecular flexibility index (Phi) is 6.64. The Hall–Kier alpha value is -3.12. The van der Waals surface area contributed by atoms with E-state index >= 15 is 0 Å². The number of piperazine rings is 1. The molecule has 0 radical (unpaired) electrons. The Morgan fingerprint density at radius 2 is 1.67 bits per heavy atom. The van der Waals surface area contributed by atoms with E-state index in [0.29, 0.717) is 35.4 Å². The first-order valence-corrected chi connectivity index (χ1v) is 13.1. The first kappa shape index (κ1) is 24.6. The Morgan fingerprint density at radius 1 is 0.917 bits per heavy atom. The van der Waals surface area contributed by atoms with Crippen molar-refractivity contribution in [1.82, 2.24) is 23.9 Å². The van der Waals surface area contributed by atoms with Gasteiger partial charge in [-0.25, -0.2) is 13.4 Å². The van der Waals surface area contributed by atoms with Crippen LogP contribution < -0.4 is 14.4 Å². The van der Waals surface area contributed by atoms with Crippen molar-refractivity contribution >= 4 is 44.8 Å². The molecule has 1 fully saturated rings. The van der Waals surface area contributed by atoms with Crippen LogP contribution in [0.3, 0.4) is 0 Å². The molecule has 188 valence electrons. The van der Waals surface area contributed by atoms with Crippen LogP contribution in [-0.2, 0) is 10.0 Å². The SMILES string of the molecule is COc1ccc(-c2cnc3ncnn3c2N2CCN(S(=O)(=O)c3ccc(Cl)cc3Cl)CC2)cc1OC. The molecule has 5 rings (SSSR count). The number of ether oxygens (including phenoxy) is 2. The molecule has 0 spiro atoms. The first-order chi connectivity index (χ1) is 17.3. The Bertz CT molecular complexity index is 1540. The van der Waals surface area contributed by atoms with Crippen LogP contribution >= 0.6 is 23.2 Å². The van der Waals surface area contributed by atoms with E-state index in [1.54, 1.807) is 24.9 Å². The van der Waals surface area contributed by atoms with Gasteiger partial charge in [-0.1, -0.05) is 29.3 Å². The van der Waals surface area contributed by atoms with Crippen LogP contribution in [0.4, 0.5) is 5.82 Å². The van der Waals surface area contributed by atoms with E-state index in [-0.39, 0.29) is 23.0 Å². The number of halogens is 2. The lowest BCUT2D eigenvalue weighted by molar-refractivity contribution is 0.355. The smallest absolute Gasteiger partial charge is 0.254 e. The summed E-state index contributed by atoms with van der Waals surface area (Å²) in [5.41, 5.74) is 1.64. The maximum Gasteiger partial charge on any atom is 0.254 e. The number of fused-ring (bicyclic) bond motifs is 1. The molecule has 36 heavy (non-hydrogen) atoms. The number of hydrogen-bond acceptors (Lipinski definition) is 8. The molecule has 0 bridgehead atoms. The summed E-state index contributed by atoms with van der Waals surface area (Å²) in [5.74, 6) is 2.39. The third-order valence-corrected chi connectivity index (χ3v) is 8.64. The number of rotatable bonds is 6.